The van der Waals surface area contributed by atoms with Crippen molar-refractivity contribution in [2.75, 3.05) is 11.8 Å². The summed E-state index contributed by atoms with van der Waals surface area (Å²) in [6, 6.07) is 16.4. The maximum Gasteiger partial charge on any atom is 0.262 e. The average molecular weight is 412 g/mol. The normalized spacial score (nSPS) is 11.3. The van der Waals surface area contributed by atoms with Crippen LogP contribution in [0.4, 0.5) is 5.69 Å². The predicted octanol–water partition coefficient (Wildman–Crippen LogP) is 3.42. The summed E-state index contributed by atoms with van der Waals surface area (Å²) in [6.45, 7) is 0.294. The molecule has 2 N–H and O–H groups in total. The Labute approximate surface area is 169 Å². The lowest BCUT2D eigenvalue weighted by molar-refractivity contribution is -0.116. The van der Waals surface area contributed by atoms with Gasteiger partial charge in [0, 0.05) is 6.08 Å². The summed E-state index contributed by atoms with van der Waals surface area (Å²) < 4.78 is 38.0. The molecule has 0 unspecified atom stereocenters. The molecule has 0 aliphatic carbocycles. The van der Waals surface area contributed by atoms with Crippen molar-refractivity contribution < 1.29 is 22.4 Å². The van der Waals surface area contributed by atoms with E-state index in [4.69, 9.17) is 9.15 Å². The van der Waals surface area contributed by atoms with E-state index in [1.54, 1.807) is 54.6 Å². The van der Waals surface area contributed by atoms with Crippen molar-refractivity contribution in [2.45, 2.75) is 11.4 Å². The second-order valence-electron chi connectivity index (χ2n) is 6.01. The fraction of sp³-hybridized carbons (Fsp3) is 0.0952. The van der Waals surface area contributed by atoms with Gasteiger partial charge < -0.3 is 14.5 Å². The molecule has 0 fully saturated rings. The fourth-order valence-electron chi connectivity index (χ4n) is 2.51. The highest BCUT2D eigenvalue weighted by molar-refractivity contribution is 7.92. The molecule has 0 saturated carbocycles. The number of hydrogen-bond donors (Lipinski definition) is 2. The first-order valence-electron chi connectivity index (χ1n) is 8.72. The number of para-hydroxylation sites is 2. The summed E-state index contributed by atoms with van der Waals surface area (Å²) in [7, 11) is -2.30. The third kappa shape index (κ3) is 5.49. The van der Waals surface area contributed by atoms with Gasteiger partial charge in [-0.25, -0.2) is 8.42 Å². The number of hydrogen-bond acceptors (Lipinski definition) is 5. The molecule has 0 saturated heterocycles. The van der Waals surface area contributed by atoms with Crippen LogP contribution >= 0.6 is 0 Å². The number of carbonyl (C=O) groups excluding carboxylic acids is 1. The van der Waals surface area contributed by atoms with Crippen LogP contribution in [0.3, 0.4) is 0 Å². The van der Waals surface area contributed by atoms with Crippen LogP contribution in [0, 0.1) is 0 Å². The Kier molecular flexibility index (Phi) is 6.36. The Bertz CT molecular complexity index is 1090. The summed E-state index contributed by atoms with van der Waals surface area (Å²) in [4.78, 5) is 11.9. The van der Waals surface area contributed by atoms with E-state index >= 15 is 0 Å². The molecule has 150 valence electrons. The zero-order valence-electron chi connectivity index (χ0n) is 15.7. The monoisotopic (exact) mass is 412 g/mol. The number of benzene rings is 2. The van der Waals surface area contributed by atoms with Crippen LogP contribution in [-0.2, 0) is 21.4 Å². The molecule has 1 amide bonds. The van der Waals surface area contributed by atoms with E-state index in [0.717, 1.165) is 0 Å². The first kappa shape index (κ1) is 20.2. The molecule has 0 bridgehead atoms. The largest absolute Gasteiger partial charge is 0.495 e. The zero-order chi connectivity index (χ0) is 20.7. The first-order valence-corrected chi connectivity index (χ1v) is 10.2. The number of nitrogens with one attached hydrogen (secondary N) is 2. The van der Waals surface area contributed by atoms with E-state index < -0.39 is 10.0 Å². The van der Waals surface area contributed by atoms with Gasteiger partial charge in [0.25, 0.3) is 10.0 Å². The third-order valence-electron chi connectivity index (χ3n) is 3.99. The van der Waals surface area contributed by atoms with Crippen molar-refractivity contribution >= 4 is 27.7 Å². The molecule has 0 aliphatic heterocycles. The van der Waals surface area contributed by atoms with E-state index in [9.17, 15) is 13.2 Å². The smallest absolute Gasteiger partial charge is 0.262 e. The predicted molar refractivity (Wildman–Crippen MR) is 110 cm³/mol. The Hall–Kier alpha value is -3.52. The van der Waals surface area contributed by atoms with Crippen LogP contribution in [0.5, 0.6) is 5.75 Å². The van der Waals surface area contributed by atoms with Crippen LogP contribution in [0.25, 0.3) is 6.08 Å². The SMILES string of the molecule is COc1ccccc1NS(=O)(=O)c1ccc(/C=C/C(=O)NCc2ccco2)cc1. The van der Waals surface area contributed by atoms with E-state index in [2.05, 4.69) is 10.0 Å². The van der Waals surface area contributed by atoms with Gasteiger partial charge in [0.1, 0.15) is 11.5 Å². The number of rotatable bonds is 8. The minimum Gasteiger partial charge on any atom is -0.495 e. The van der Waals surface area contributed by atoms with Crippen LogP contribution in [0.2, 0.25) is 0 Å². The van der Waals surface area contributed by atoms with Gasteiger partial charge in [-0.15, -0.1) is 0 Å². The number of methoxy groups -OCH3 is 1. The van der Waals surface area contributed by atoms with E-state index in [-0.39, 0.29) is 10.8 Å². The summed E-state index contributed by atoms with van der Waals surface area (Å²) in [5.41, 5.74) is 1.04. The Morgan fingerprint density at radius 1 is 1.07 bits per heavy atom. The Morgan fingerprint density at radius 3 is 2.52 bits per heavy atom. The first-order chi connectivity index (χ1) is 14.0. The zero-order valence-corrected chi connectivity index (χ0v) is 16.5. The minimum atomic E-state index is -3.77. The van der Waals surface area contributed by atoms with Crippen molar-refractivity contribution in [3.8, 4) is 5.75 Å². The molecule has 0 spiro atoms. The van der Waals surface area contributed by atoms with E-state index in [1.807, 2.05) is 0 Å². The average Bonchev–Trinajstić information content (AvgIpc) is 3.25. The molecule has 2 aromatic carbocycles. The van der Waals surface area contributed by atoms with Crippen LogP contribution in [0.1, 0.15) is 11.3 Å². The van der Waals surface area contributed by atoms with E-state index in [0.29, 0.717) is 29.3 Å². The van der Waals surface area contributed by atoms with Gasteiger partial charge >= 0.3 is 0 Å². The molecule has 0 atom stereocenters. The van der Waals surface area contributed by atoms with Gasteiger partial charge in [0.2, 0.25) is 5.91 Å². The summed E-state index contributed by atoms with van der Waals surface area (Å²) in [5, 5.41) is 2.69. The minimum absolute atomic E-state index is 0.0998. The second kappa shape index (κ2) is 9.11. The maximum absolute atomic E-state index is 12.6. The standard InChI is InChI=1S/C21H20N2O5S/c1-27-20-7-3-2-6-19(20)23-29(25,26)18-11-8-16(9-12-18)10-13-21(24)22-15-17-5-4-14-28-17/h2-14,23H,15H2,1H3,(H,22,24)/b13-10+. The van der Waals surface area contributed by atoms with Gasteiger partial charge in [-0.05, 0) is 48.0 Å². The molecule has 0 radical (unpaired) electrons. The molecule has 7 nitrogen and oxygen atoms in total. The maximum atomic E-state index is 12.6. The lowest BCUT2D eigenvalue weighted by Gasteiger charge is -2.11. The van der Waals surface area contributed by atoms with Crippen LogP contribution in [-0.4, -0.2) is 21.4 Å². The molecule has 1 aromatic heterocycles. The second-order valence-corrected chi connectivity index (χ2v) is 7.69. The van der Waals surface area contributed by atoms with Gasteiger partial charge in [-0.2, -0.15) is 0 Å². The summed E-state index contributed by atoms with van der Waals surface area (Å²) >= 11 is 0. The number of furan rings is 1. The van der Waals surface area contributed by atoms with Crippen molar-refractivity contribution in [1.29, 1.82) is 0 Å². The van der Waals surface area contributed by atoms with Gasteiger partial charge in [-0.1, -0.05) is 24.3 Å². The topological polar surface area (TPSA) is 97.6 Å². The molecule has 3 rings (SSSR count). The quantitative estimate of drug-likeness (QED) is 0.553. The van der Waals surface area contributed by atoms with Crippen molar-refractivity contribution in [2.24, 2.45) is 0 Å². The van der Waals surface area contributed by atoms with Crippen molar-refractivity contribution in [3.05, 3.63) is 84.3 Å². The summed E-state index contributed by atoms with van der Waals surface area (Å²) in [6.07, 6.45) is 4.51. The number of anilines is 1. The number of amides is 1. The molecule has 29 heavy (non-hydrogen) atoms. The molecule has 0 aliphatic rings. The van der Waals surface area contributed by atoms with Crippen molar-refractivity contribution in [3.63, 3.8) is 0 Å². The highest BCUT2D eigenvalue weighted by atomic mass is 32.2. The van der Waals surface area contributed by atoms with Crippen LogP contribution < -0.4 is 14.8 Å². The number of carbonyl (C=O) groups is 1. The number of sulfonamides is 1. The van der Waals surface area contributed by atoms with Gasteiger partial charge in [-0.3, -0.25) is 9.52 Å². The molecular weight excluding hydrogens is 392 g/mol. The Morgan fingerprint density at radius 2 is 1.83 bits per heavy atom. The van der Waals surface area contributed by atoms with Crippen molar-refractivity contribution in [1.82, 2.24) is 5.32 Å². The lowest BCUT2D eigenvalue weighted by Crippen LogP contribution is -2.19. The van der Waals surface area contributed by atoms with Gasteiger partial charge in [0.15, 0.2) is 0 Å². The number of ether oxygens (including phenoxy) is 1. The van der Waals surface area contributed by atoms with E-state index in [1.165, 1.54) is 31.6 Å². The molecular formula is C21H20N2O5S. The molecule has 3 aromatic rings. The summed E-state index contributed by atoms with van der Waals surface area (Å²) in [5.74, 6) is 0.802. The Balaban J connectivity index is 1.63. The highest BCUT2D eigenvalue weighted by Gasteiger charge is 2.16. The highest BCUT2D eigenvalue weighted by Crippen LogP contribution is 2.26. The molecule has 8 heteroatoms. The van der Waals surface area contributed by atoms with Crippen LogP contribution in [0.15, 0.2) is 82.3 Å². The molecule has 1 heterocycles. The fourth-order valence-corrected chi connectivity index (χ4v) is 3.58. The third-order valence-corrected chi connectivity index (χ3v) is 5.37. The van der Waals surface area contributed by atoms with Gasteiger partial charge in [0.05, 0.1) is 30.5 Å². The lowest BCUT2D eigenvalue weighted by atomic mass is 10.2.